The molecule has 2 heterocycles. The number of aromatic carboxylic acids is 1. The monoisotopic (exact) mass is 567 g/mol. The summed E-state index contributed by atoms with van der Waals surface area (Å²) in [6.45, 7) is 9.84. The van der Waals surface area contributed by atoms with Gasteiger partial charge in [0.05, 0.1) is 22.5 Å². The lowest BCUT2D eigenvalue weighted by Crippen LogP contribution is -2.49. The van der Waals surface area contributed by atoms with E-state index in [0.29, 0.717) is 24.5 Å². The molecule has 7 heteroatoms. The number of amides is 1. The third kappa shape index (κ3) is 4.64. The highest BCUT2D eigenvalue weighted by Gasteiger charge is 2.47. The number of aromatic nitrogens is 2. The molecule has 0 spiro atoms. The van der Waals surface area contributed by atoms with E-state index in [9.17, 15) is 14.7 Å². The Balaban J connectivity index is 1.26. The molecule has 0 radical (unpaired) electrons. The largest absolute Gasteiger partial charge is 0.478 e. The maximum Gasteiger partial charge on any atom is 0.335 e. The van der Waals surface area contributed by atoms with Crippen LogP contribution in [0.4, 0.5) is 0 Å². The molecule has 2 atom stereocenters. The Hall–Kier alpha value is -3.90. The zero-order chi connectivity index (χ0) is 29.1. The summed E-state index contributed by atoms with van der Waals surface area (Å²) in [7, 11) is 0. The Labute approximate surface area is 245 Å². The van der Waals surface area contributed by atoms with Gasteiger partial charge < -0.3 is 15.0 Å². The number of H-pyrrole nitrogens is 1. The number of rotatable bonds is 4. The molecule has 2 aliphatic carbocycles. The van der Waals surface area contributed by atoms with E-state index in [0.717, 1.165) is 40.0 Å². The topological polar surface area (TPSA) is 86.3 Å². The van der Waals surface area contributed by atoms with Gasteiger partial charge in [-0.2, -0.15) is 0 Å². The number of imidazole rings is 1. The molecular formula is C34H34ClN3O3. The van der Waals surface area contributed by atoms with Crippen molar-refractivity contribution in [1.29, 1.82) is 0 Å². The Morgan fingerprint density at radius 1 is 1.12 bits per heavy atom. The van der Waals surface area contributed by atoms with Crippen LogP contribution in [0.2, 0.25) is 5.02 Å². The SMILES string of the molecule is Cc1cc2nc(C3CC=CC=C3C(=O)N3CC=C4C(C)(C)C(c5ccc(C(=O)O)cc5)=CC[C@]4(C)C3)[nH]c2cc1Cl. The summed E-state index contributed by atoms with van der Waals surface area (Å²) in [6.07, 6.45) is 12.0. The molecule has 1 amide bonds. The first kappa shape index (κ1) is 27.3. The van der Waals surface area contributed by atoms with Crippen molar-refractivity contribution in [3.8, 4) is 0 Å². The molecule has 0 saturated heterocycles. The summed E-state index contributed by atoms with van der Waals surface area (Å²) in [4.78, 5) is 35.7. The van der Waals surface area contributed by atoms with Crippen molar-refractivity contribution in [2.75, 3.05) is 13.1 Å². The zero-order valence-corrected chi connectivity index (χ0v) is 24.5. The van der Waals surface area contributed by atoms with Gasteiger partial charge in [0.15, 0.2) is 0 Å². The predicted octanol–water partition coefficient (Wildman–Crippen LogP) is 7.48. The number of hydrogen-bond acceptors (Lipinski definition) is 3. The van der Waals surface area contributed by atoms with Crippen LogP contribution in [0.15, 0.2) is 77.9 Å². The standard InChI is InChI=1S/C34H34ClN3O3/c1-20-17-27-28(18-26(20)35)37-30(36-27)23-7-5-6-8-24(23)31(39)38-16-14-29-33(2,3)25(13-15-34(29,4)19-38)21-9-11-22(12-10-21)32(40)41/h5-6,8-14,17-18,23H,7,15-16,19H2,1-4H3,(H,36,37)(H,40,41)/t23?,34-/m1/s1. The number of carboxylic acids is 1. The molecule has 41 heavy (non-hydrogen) atoms. The molecule has 210 valence electrons. The number of fused-ring (bicyclic) bond motifs is 2. The highest BCUT2D eigenvalue weighted by Crippen LogP contribution is 2.55. The summed E-state index contributed by atoms with van der Waals surface area (Å²) < 4.78 is 0. The number of hydrogen-bond donors (Lipinski definition) is 2. The molecule has 6 rings (SSSR count). The quantitative estimate of drug-likeness (QED) is 0.320. The summed E-state index contributed by atoms with van der Waals surface area (Å²) in [5, 5.41) is 9.99. The molecule has 0 bridgehead atoms. The molecule has 0 fully saturated rings. The summed E-state index contributed by atoms with van der Waals surface area (Å²) >= 11 is 6.35. The predicted molar refractivity (Wildman–Crippen MR) is 163 cm³/mol. The molecular weight excluding hydrogens is 534 g/mol. The first-order valence-corrected chi connectivity index (χ1v) is 14.4. The van der Waals surface area contributed by atoms with Gasteiger partial charge in [0.1, 0.15) is 5.82 Å². The average molecular weight is 568 g/mol. The maximum absolute atomic E-state index is 14.1. The van der Waals surface area contributed by atoms with Crippen molar-refractivity contribution in [3.05, 3.63) is 105 Å². The van der Waals surface area contributed by atoms with E-state index in [-0.39, 0.29) is 28.2 Å². The third-order valence-electron chi connectivity index (χ3n) is 9.06. The molecule has 1 aliphatic heterocycles. The van der Waals surface area contributed by atoms with E-state index in [1.807, 2.05) is 48.2 Å². The summed E-state index contributed by atoms with van der Waals surface area (Å²) in [5.41, 5.74) is 6.83. The number of halogens is 1. The van der Waals surface area contributed by atoms with Crippen LogP contribution in [0, 0.1) is 17.8 Å². The van der Waals surface area contributed by atoms with E-state index in [1.54, 1.807) is 12.1 Å². The molecule has 3 aliphatic rings. The van der Waals surface area contributed by atoms with Gasteiger partial charge in [-0.1, -0.05) is 80.5 Å². The van der Waals surface area contributed by atoms with Gasteiger partial charge in [-0.15, -0.1) is 0 Å². The third-order valence-corrected chi connectivity index (χ3v) is 9.46. The van der Waals surface area contributed by atoms with Crippen LogP contribution in [0.1, 0.15) is 66.8 Å². The fourth-order valence-electron chi connectivity index (χ4n) is 6.97. The van der Waals surface area contributed by atoms with Crippen LogP contribution in [0.5, 0.6) is 0 Å². The Bertz CT molecular complexity index is 1670. The number of benzene rings is 2. The molecule has 3 aromatic rings. The molecule has 0 saturated carbocycles. The Kier molecular flexibility index (Phi) is 6.57. The second-order valence-electron chi connectivity index (χ2n) is 12.3. The van der Waals surface area contributed by atoms with Crippen molar-refractivity contribution in [3.63, 3.8) is 0 Å². The molecule has 2 N–H and O–H groups in total. The van der Waals surface area contributed by atoms with Crippen molar-refractivity contribution in [2.45, 2.75) is 46.5 Å². The maximum atomic E-state index is 14.1. The van der Waals surface area contributed by atoms with Gasteiger partial charge >= 0.3 is 5.97 Å². The lowest BCUT2D eigenvalue weighted by Gasteiger charge is -2.51. The van der Waals surface area contributed by atoms with Gasteiger partial charge in [-0.25, -0.2) is 9.78 Å². The van der Waals surface area contributed by atoms with Crippen molar-refractivity contribution >= 4 is 40.1 Å². The van der Waals surface area contributed by atoms with E-state index < -0.39 is 5.97 Å². The number of carbonyl (C=O) groups is 2. The van der Waals surface area contributed by atoms with Crippen LogP contribution in [0.25, 0.3) is 16.6 Å². The number of nitrogens with zero attached hydrogens (tertiary/aromatic N) is 2. The van der Waals surface area contributed by atoms with Gasteiger partial charge in [0.2, 0.25) is 0 Å². The number of aryl methyl sites for hydroxylation is 1. The van der Waals surface area contributed by atoms with Crippen LogP contribution in [-0.4, -0.2) is 44.9 Å². The fraction of sp³-hybridized carbons (Fsp3) is 0.324. The summed E-state index contributed by atoms with van der Waals surface area (Å²) in [5.74, 6) is -0.251. The minimum absolute atomic E-state index is 0.0439. The molecule has 2 aromatic carbocycles. The Morgan fingerprint density at radius 3 is 2.61 bits per heavy atom. The minimum atomic E-state index is -0.925. The van der Waals surface area contributed by atoms with Crippen molar-refractivity contribution in [2.24, 2.45) is 10.8 Å². The number of carbonyl (C=O) groups excluding carboxylic acids is 1. The second-order valence-corrected chi connectivity index (χ2v) is 12.7. The number of aromatic amines is 1. The highest BCUT2D eigenvalue weighted by atomic mass is 35.5. The van der Waals surface area contributed by atoms with Crippen molar-refractivity contribution in [1.82, 2.24) is 14.9 Å². The average Bonchev–Trinajstić information content (AvgIpc) is 3.34. The van der Waals surface area contributed by atoms with Crippen LogP contribution < -0.4 is 0 Å². The van der Waals surface area contributed by atoms with Gasteiger partial charge in [0, 0.05) is 34.5 Å². The second kappa shape index (κ2) is 9.88. The van der Waals surface area contributed by atoms with Crippen LogP contribution >= 0.6 is 11.6 Å². The van der Waals surface area contributed by atoms with Gasteiger partial charge in [0.25, 0.3) is 5.91 Å². The van der Waals surface area contributed by atoms with Crippen molar-refractivity contribution < 1.29 is 14.7 Å². The van der Waals surface area contributed by atoms with Crippen LogP contribution in [-0.2, 0) is 4.79 Å². The van der Waals surface area contributed by atoms with E-state index in [2.05, 4.69) is 44.0 Å². The fourth-order valence-corrected chi connectivity index (χ4v) is 7.13. The molecule has 1 aromatic heterocycles. The van der Waals surface area contributed by atoms with Gasteiger partial charge in [-0.3, -0.25) is 4.79 Å². The number of nitrogens with one attached hydrogen (secondary N) is 1. The van der Waals surface area contributed by atoms with E-state index >= 15 is 0 Å². The first-order valence-electron chi connectivity index (χ1n) is 14.1. The highest BCUT2D eigenvalue weighted by molar-refractivity contribution is 6.32. The van der Waals surface area contributed by atoms with Crippen LogP contribution in [0.3, 0.4) is 0 Å². The zero-order valence-electron chi connectivity index (χ0n) is 23.8. The smallest absolute Gasteiger partial charge is 0.335 e. The van der Waals surface area contributed by atoms with Gasteiger partial charge in [-0.05, 0) is 60.7 Å². The van der Waals surface area contributed by atoms with E-state index in [1.165, 1.54) is 11.1 Å². The van der Waals surface area contributed by atoms with E-state index in [4.69, 9.17) is 16.6 Å². The Morgan fingerprint density at radius 2 is 1.88 bits per heavy atom. The minimum Gasteiger partial charge on any atom is -0.478 e. The summed E-state index contributed by atoms with van der Waals surface area (Å²) in [6, 6.07) is 11.0. The number of carboxylic acid groups (broad SMARTS) is 1. The lowest BCUT2D eigenvalue weighted by atomic mass is 9.58. The molecule has 1 unspecified atom stereocenters. The lowest BCUT2D eigenvalue weighted by molar-refractivity contribution is -0.128. The number of allylic oxidation sites excluding steroid dienone is 5. The first-order chi connectivity index (χ1) is 19.5. The molecule has 6 nitrogen and oxygen atoms in total. The normalized spacial score (nSPS) is 23.5.